The normalized spacial score (nSPS) is 17.5. The first kappa shape index (κ1) is 18.1. The Balaban J connectivity index is 1.81. The fourth-order valence-corrected chi connectivity index (χ4v) is 4.78. The molecule has 2 aromatic heterocycles. The molecule has 146 valence electrons. The number of aryl methyl sites for hydroxylation is 2. The van der Waals surface area contributed by atoms with Gasteiger partial charge in [0.1, 0.15) is 17.3 Å². The van der Waals surface area contributed by atoms with E-state index in [1.54, 1.807) is 6.92 Å². The molecule has 2 aliphatic rings. The maximum atomic E-state index is 14.7. The van der Waals surface area contributed by atoms with Crippen molar-refractivity contribution in [2.75, 3.05) is 7.05 Å². The Bertz CT molecular complexity index is 1080. The van der Waals surface area contributed by atoms with Gasteiger partial charge in [0, 0.05) is 30.2 Å². The number of nitrogens with zero attached hydrogens (tertiary/aromatic N) is 5. The van der Waals surface area contributed by atoms with E-state index in [0.717, 1.165) is 10.3 Å². The third kappa shape index (κ3) is 2.61. The number of aromatic nitrogens is 4. The van der Waals surface area contributed by atoms with Crippen molar-refractivity contribution in [2.45, 2.75) is 51.6 Å². The Labute approximate surface area is 170 Å². The zero-order valence-corrected chi connectivity index (χ0v) is 17.6. The molecule has 5 rings (SSSR count). The number of halogens is 3. The number of hydrogen-bond donors (Lipinski definition) is 0. The van der Waals surface area contributed by atoms with Crippen molar-refractivity contribution < 1.29 is 8.78 Å². The van der Waals surface area contributed by atoms with Crippen LogP contribution in [0.15, 0.2) is 16.6 Å². The Hall–Kier alpha value is -1.93. The lowest BCUT2D eigenvalue weighted by molar-refractivity contribution is 0.302. The van der Waals surface area contributed by atoms with E-state index in [-0.39, 0.29) is 5.69 Å². The smallest absolute Gasteiger partial charge is 0.259 e. The molecule has 2 heterocycles. The molecule has 3 aromatic rings. The standard InChI is InChI=1S/C20H21BrF2N5/c1-10-24-19-17(20(25-10)28(3,13-4-5-13)14-6-7-14)26-11(2)27(19)18-15(22)8-12(21)9-16(18)23/h8-9,13-14H,4-7H2,1-3H3/q+1. The second-order valence-corrected chi connectivity index (χ2v) is 9.00. The molecule has 2 aliphatic carbocycles. The van der Waals surface area contributed by atoms with Gasteiger partial charge in [-0.1, -0.05) is 15.9 Å². The first-order chi connectivity index (χ1) is 13.3. The van der Waals surface area contributed by atoms with Gasteiger partial charge in [-0.05, 0) is 26.0 Å². The van der Waals surface area contributed by atoms with Crippen LogP contribution >= 0.6 is 15.9 Å². The first-order valence-electron chi connectivity index (χ1n) is 9.55. The van der Waals surface area contributed by atoms with E-state index < -0.39 is 11.6 Å². The molecule has 5 nitrogen and oxygen atoms in total. The average Bonchev–Trinajstić information content (AvgIpc) is 3.51. The molecule has 8 heteroatoms. The zero-order valence-electron chi connectivity index (χ0n) is 16.0. The van der Waals surface area contributed by atoms with E-state index in [0.29, 0.717) is 39.4 Å². The van der Waals surface area contributed by atoms with E-state index in [2.05, 4.69) is 28.0 Å². The lowest BCUT2D eigenvalue weighted by Crippen LogP contribution is -2.50. The van der Waals surface area contributed by atoms with Crippen molar-refractivity contribution in [3.63, 3.8) is 0 Å². The summed E-state index contributed by atoms with van der Waals surface area (Å²) in [5, 5.41) is 0. The first-order valence-corrected chi connectivity index (χ1v) is 10.3. The van der Waals surface area contributed by atoms with Gasteiger partial charge in [-0.15, -0.1) is 0 Å². The minimum Gasteiger partial charge on any atom is -0.275 e. The van der Waals surface area contributed by atoms with E-state index in [4.69, 9.17) is 9.97 Å². The maximum Gasteiger partial charge on any atom is 0.259 e. The molecular formula is C20H21BrF2N5+. The third-order valence-electron chi connectivity index (χ3n) is 6.04. The quantitative estimate of drug-likeness (QED) is 0.541. The van der Waals surface area contributed by atoms with Gasteiger partial charge in [0.05, 0.1) is 19.1 Å². The van der Waals surface area contributed by atoms with Gasteiger partial charge in [-0.3, -0.25) is 9.05 Å². The highest BCUT2D eigenvalue weighted by atomic mass is 79.9. The van der Waals surface area contributed by atoms with Crippen LogP contribution in [0.25, 0.3) is 16.9 Å². The summed E-state index contributed by atoms with van der Waals surface area (Å²) in [6.45, 7) is 3.58. The average molecular weight is 449 g/mol. The van der Waals surface area contributed by atoms with Crippen LogP contribution < -0.4 is 4.48 Å². The van der Waals surface area contributed by atoms with Crippen LogP contribution in [-0.2, 0) is 0 Å². The monoisotopic (exact) mass is 448 g/mol. The summed E-state index contributed by atoms with van der Waals surface area (Å²) in [5.41, 5.74) is 0.955. The fourth-order valence-electron chi connectivity index (χ4n) is 4.38. The van der Waals surface area contributed by atoms with E-state index in [1.807, 2.05) is 6.92 Å². The highest BCUT2D eigenvalue weighted by Crippen LogP contribution is 2.47. The van der Waals surface area contributed by atoms with Gasteiger partial charge < -0.3 is 0 Å². The number of hydrogen-bond acceptors (Lipinski definition) is 3. The summed E-state index contributed by atoms with van der Waals surface area (Å²) in [7, 11) is 2.23. The predicted molar refractivity (Wildman–Crippen MR) is 108 cm³/mol. The van der Waals surface area contributed by atoms with E-state index in [1.165, 1.54) is 42.4 Å². The van der Waals surface area contributed by atoms with E-state index >= 15 is 0 Å². The molecule has 0 atom stereocenters. The Morgan fingerprint density at radius 2 is 1.57 bits per heavy atom. The van der Waals surface area contributed by atoms with Crippen molar-refractivity contribution >= 4 is 32.9 Å². The summed E-state index contributed by atoms with van der Waals surface area (Å²) in [6, 6.07) is 3.59. The minimum atomic E-state index is -0.659. The summed E-state index contributed by atoms with van der Waals surface area (Å²) in [6.07, 6.45) is 4.70. The molecule has 2 saturated carbocycles. The molecule has 0 unspecified atom stereocenters. The molecule has 0 amide bonds. The molecule has 0 bridgehead atoms. The van der Waals surface area contributed by atoms with Crippen molar-refractivity contribution in [3.8, 4) is 5.69 Å². The van der Waals surface area contributed by atoms with Crippen LogP contribution in [0.2, 0.25) is 0 Å². The van der Waals surface area contributed by atoms with Gasteiger partial charge in [0.25, 0.3) is 5.82 Å². The minimum absolute atomic E-state index is 0.153. The van der Waals surface area contributed by atoms with Gasteiger partial charge in [0.2, 0.25) is 0 Å². The second-order valence-electron chi connectivity index (χ2n) is 8.09. The van der Waals surface area contributed by atoms with Crippen molar-refractivity contribution in [1.82, 2.24) is 24.0 Å². The molecule has 0 saturated heterocycles. The van der Waals surface area contributed by atoms with Crippen molar-refractivity contribution in [2.24, 2.45) is 0 Å². The maximum absolute atomic E-state index is 14.7. The SMILES string of the molecule is Cc1nc([N+](C)(C2CC2)C2CC2)c2nc(C)n(-c3c(F)cc(Br)cc3F)c2n1. The zero-order chi connectivity index (χ0) is 19.8. The van der Waals surface area contributed by atoms with Gasteiger partial charge in [-0.2, -0.15) is 4.98 Å². The van der Waals surface area contributed by atoms with Gasteiger partial charge in [0.15, 0.2) is 22.8 Å². The van der Waals surface area contributed by atoms with E-state index in [9.17, 15) is 8.78 Å². The van der Waals surface area contributed by atoms with Crippen molar-refractivity contribution in [3.05, 3.63) is 39.9 Å². The highest BCUT2D eigenvalue weighted by Gasteiger charge is 2.55. The second kappa shape index (κ2) is 6.03. The Morgan fingerprint density at radius 3 is 2.11 bits per heavy atom. The molecule has 0 N–H and O–H groups in total. The molecule has 2 fully saturated rings. The number of benzene rings is 1. The fraction of sp³-hybridized carbons (Fsp3) is 0.450. The van der Waals surface area contributed by atoms with Gasteiger partial charge in [-0.25, -0.2) is 18.7 Å². The summed E-state index contributed by atoms with van der Waals surface area (Å²) in [4.78, 5) is 14.0. The van der Waals surface area contributed by atoms with Crippen LogP contribution in [-0.4, -0.2) is 38.7 Å². The largest absolute Gasteiger partial charge is 0.275 e. The Kier molecular flexibility index (Phi) is 3.90. The van der Waals surface area contributed by atoms with Crippen LogP contribution in [0.4, 0.5) is 14.6 Å². The summed E-state index contributed by atoms with van der Waals surface area (Å²) >= 11 is 3.14. The summed E-state index contributed by atoms with van der Waals surface area (Å²) in [5.74, 6) is 0.649. The molecule has 0 spiro atoms. The van der Waals surface area contributed by atoms with Crippen molar-refractivity contribution in [1.29, 1.82) is 0 Å². The Morgan fingerprint density at radius 1 is 1.00 bits per heavy atom. The number of rotatable bonds is 4. The number of imidazole rings is 1. The van der Waals surface area contributed by atoms with Crippen LogP contribution in [0.5, 0.6) is 0 Å². The molecular weight excluding hydrogens is 428 g/mol. The highest BCUT2D eigenvalue weighted by molar-refractivity contribution is 9.10. The summed E-state index contributed by atoms with van der Waals surface area (Å²) < 4.78 is 32.0. The van der Waals surface area contributed by atoms with Gasteiger partial charge >= 0.3 is 0 Å². The predicted octanol–water partition coefficient (Wildman–Crippen LogP) is 4.73. The van der Waals surface area contributed by atoms with Crippen LogP contribution in [0.3, 0.4) is 0 Å². The molecule has 0 radical (unpaired) electrons. The van der Waals surface area contributed by atoms with Crippen LogP contribution in [0.1, 0.15) is 37.3 Å². The van der Waals surface area contributed by atoms with Crippen LogP contribution in [0, 0.1) is 25.5 Å². The molecule has 1 aromatic carbocycles. The lowest BCUT2D eigenvalue weighted by Gasteiger charge is -2.33. The third-order valence-corrected chi connectivity index (χ3v) is 6.50. The topological polar surface area (TPSA) is 43.6 Å². The molecule has 28 heavy (non-hydrogen) atoms. The number of fused-ring (bicyclic) bond motifs is 1. The lowest BCUT2D eigenvalue weighted by atomic mass is 10.2. The number of quaternary nitrogens is 1. The molecule has 0 aliphatic heterocycles.